The molecule has 0 fully saturated rings. The standard InChI is InChI=1S/C9H12F2N2O3S/c1-13(2)12-17(15,16)8-4-3-7(10)6(5-14)9(8)11/h3-4,12,14H,5H2,1-2H3. The van der Waals surface area contributed by atoms with Crippen LogP contribution in [0.15, 0.2) is 17.0 Å². The zero-order chi connectivity index (χ0) is 13.2. The lowest BCUT2D eigenvalue weighted by Gasteiger charge is -2.14. The van der Waals surface area contributed by atoms with Gasteiger partial charge in [0.1, 0.15) is 10.7 Å². The van der Waals surface area contributed by atoms with Gasteiger partial charge in [-0.3, -0.25) is 0 Å². The molecule has 0 aliphatic heterocycles. The number of aliphatic hydroxyl groups is 1. The van der Waals surface area contributed by atoms with E-state index in [4.69, 9.17) is 5.11 Å². The SMILES string of the molecule is CN(C)NS(=O)(=O)c1ccc(F)c(CO)c1F. The van der Waals surface area contributed by atoms with Crippen LogP contribution >= 0.6 is 0 Å². The molecule has 0 aromatic heterocycles. The van der Waals surface area contributed by atoms with Crippen LogP contribution in [0.25, 0.3) is 0 Å². The lowest BCUT2D eigenvalue weighted by molar-refractivity contribution is 0.267. The average Bonchev–Trinajstić information content (AvgIpc) is 2.15. The normalized spacial score (nSPS) is 12.1. The minimum absolute atomic E-state index is 0.674. The molecule has 0 saturated heterocycles. The predicted molar refractivity (Wildman–Crippen MR) is 56.3 cm³/mol. The lowest BCUT2D eigenvalue weighted by atomic mass is 10.2. The van der Waals surface area contributed by atoms with E-state index >= 15 is 0 Å². The summed E-state index contributed by atoms with van der Waals surface area (Å²) in [7, 11) is -1.30. The van der Waals surface area contributed by atoms with Gasteiger partial charge >= 0.3 is 0 Å². The van der Waals surface area contributed by atoms with E-state index in [1.54, 1.807) is 0 Å². The van der Waals surface area contributed by atoms with Gasteiger partial charge in [-0.2, -0.15) is 0 Å². The van der Waals surface area contributed by atoms with Crippen molar-refractivity contribution >= 4 is 10.0 Å². The zero-order valence-corrected chi connectivity index (χ0v) is 10.1. The third-order valence-corrected chi connectivity index (χ3v) is 3.40. The van der Waals surface area contributed by atoms with Crippen molar-refractivity contribution in [3.63, 3.8) is 0 Å². The van der Waals surface area contributed by atoms with Gasteiger partial charge in [-0.15, -0.1) is 4.83 Å². The zero-order valence-electron chi connectivity index (χ0n) is 9.24. The van der Waals surface area contributed by atoms with Gasteiger partial charge in [0, 0.05) is 14.1 Å². The van der Waals surface area contributed by atoms with Crippen LogP contribution in [-0.2, 0) is 16.6 Å². The summed E-state index contributed by atoms with van der Waals surface area (Å²) in [6.07, 6.45) is 0. The van der Waals surface area contributed by atoms with Crippen LogP contribution < -0.4 is 4.83 Å². The number of nitrogens with zero attached hydrogens (tertiary/aromatic N) is 1. The number of rotatable bonds is 4. The number of hydrazine groups is 1. The van der Waals surface area contributed by atoms with Gasteiger partial charge in [0.05, 0.1) is 12.2 Å². The van der Waals surface area contributed by atoms with Crippen LogP contribution in [0.5, 0.6) is 0 Å². The second kappa shape index (κ2) is 5.05. The third-order valence-electron chi connectivity index (χ3n) is 1.90. The first-order chi connectivity index (χ1) is 7.79. The molecule has 0 amide bonds. The maximum Gasteiger partial charge on any atom is 0.256 e. The maximum atomic E-state index is 13.6. The maximum absolute atomic E-state index is 13.6. The topological polar surface area (TPSA) is 69.6 Å². The fourth-order valence-electron chi connectivity index (χ4n) is 1.22. The molecule has 0 aliphatic rings. The van der Waals surface area contributed by atoms with Gasteiger partial charge in [-0.25, -0.2) is 22.2 Å². The van der Waals surface area contributed by atoms with Gasteiger partial charge in [-0.05, 0) is 12.1 Å². The van der Waals surface area contributed by atoms with Crippen LogP contribution in [0.1, 0.15) is 5.56 Å². The largest absolute Gasteiger partial charge is 0.391 e. The fourth-order valence-corrected chi connectivity index (χ4v) is 2.40. The molecule has 0 heterocycles. The molecule has 1 aromatic carbocycles. The van der Waals surface area contributed by atoms with E-state index in [2.05, 4.69) is 0 Å². The first kappa shape index (κ1) is 14.0. The van der Waals surface area contributed by atoms with Crippen LogP contribution in [0, 0.1) is 11.6 Å². The highest BCUT2D eigenvalue weighted by atomic mass is 32.2. The van der Waals surface area contributed by atoms with Crippen molar-refractivity contribution in [2.24, 2.45) is 0 Å². The van der Waals surface area contributed by atoms with E-state index < -0.39 is 38.7 Å². The number of sulfonamides is 1. The van der Waals surface area contributed by atoms with Crippen molar-refractivity contribution < 1.29 is 22.3 Å². The first-order valence-corrected chi connectivity index (χ1v) is 6.05. The minimum Gasteiger partial charge on any atom is -0.391 e. The summed E-state index contributed by atoms with van der Waals surface area (Å²) in [4.78, 5) is 1.30. The molecule has 1 aromatic rings. The summed E-state index contributed by atoms with van der Waals surface area (Å²) >= 11 is 0. The van der Waals surface area contributed by atoms with E-state index in [9.17, 15) is 17.2 Å². The molecule has 0 bridgehead atoms. The Morgan fingerprint density at radius 3 is 2.41 bits per heavy atom. The van der Waals surface area contributed by atoms with E-state index in [0.717, 1.165) is 17.1 Å². The molecule has 0 saturated carbocycles. The molecule has 96 valence electrons. The van der Waals surface area contributed by atoms with Crippen LogP contribution in [0.2, 0.25) is 0 Å². The summed E-state index contributed by atoms with van der Waals surface area (Å²) in [6.45, 7) is -0.914. The molecule has 0 unspecified atom stereocenters. The fraction of sp³-hybridized carbons (Fsp3) is 0.333. The summed E-state index contributed by atoms with van der Waals surface area (Å²) in [5.74, 6) is -2.28. The number of aliphatic hydroxyl groups excluding tert-OH is 1. The van der Waals surface area contributed by atoms with E-state index in [1.807, 2.05) is 4.83 Å². The highest BCUT2D eigenvalue weighted by Gasteiger charge is 2.23. The number of hydrogen-bond acceptors (Lipinski definition) is 4. The highest BCUT2D eigenvalue weighted by Crippen LogP contribution is 2.20. The third kappa shape index (κ3) is 2.97. The van der Waals surface area contributed by atoms with E-state index in [-0.39, 0.29) is 0 Å². The Kier molecular flexibility index (Phi) is 4.15. The van der Waals surface area contributed by atoms with Gasteiger partial charge in [0.15, 0.2) is 5.82 Å². The Morgan fingerprint density at radius 1 is 1.35 bits per heavy atom. The Hall–Kier alpha value is -1.09. The molecule has 0 atom stereocenters. The molecular formula is C9H12F2N2O3S. The van der Waals surface area contributed by atoms with Crippen molar-refractivity contribution in [2.75, 3.05) is 14.1 Å². The first-order valence-electron chi connectivity index (χ1n) is 4.57. The Bertz CT molecular complexity index is 517. The van der Waals surface area contributed by atoms with Crippen LogP contribution in [-0.4, -0.2) is 32.6 Å². The summed E-state index contributed by atoms with van der Waals surface area (Å²) in [5.41, 5.74) is -0.674. The second-order valence-corrected chi connectivity index (χ2v) is 5.11. The molecule has 0 radical (unpaired) electrons. The monoisotopic (exact) mass is 266 g/mol. The minimum atomic E-state index is -4.12. The number of hydrogen-bond donors (Lipinski definition) is 2. The van der Waals surface area contributed by atoms with Crippen LogP contribution in [0.4, 0.5) is 8.78 Å². The Balaban J connectivity index is 3.34. The Morgan fingerprint density at radius 2 is 1.94 bits per heavy atom. The van der Waals surface area contributed by atoms with Gasteiger partial charge in [0.25, 0.3) is 10.0 Å². The van der Waals surface area contributed by atoms with Crippen molar-refractivity contribution in [3.8, 4) is 0 Å². The van der Waals surface area contributed by atoms with Gasteiger partial charge in [-0.1, -0.05) is 0 Å². The summed E-state index contributed by atoms with van der Waals surface area (Å²) in [5, 5.41) is 9.87. The molecular weight excluding hydrogens is 254 g/mol. The van der Waals surface area contributed by atoms with Crippen molar-refractivity contribution in [1.82, 2.24) is 9.84 Å². The van der Waals surface area contributed by atoms with Gasteiger partial charge < -0.3 is 5.11 Å². The molecule has 5 nitrogen and oxygen atoms in total. The summed E-state index contributed by atoms with van der Waals surface area (Å²) in [6, 6.07) is 1.59. The molecule has 2 N–H and O–H groups in total. The molecule has 0 spiro atoms. The van der Waals surface area contributed by atoms with Crippen molar-refractivity contribution in [1.29, 1.82) is 0 Å². The van der Waals surface area contributed by atoms with E-state index in [1.165, 1.54) is 14.1 Å². The molecule has 8 heteroatoms. The van der Waals surface area contributed by atoms with Gasteiger partial charge in [0.2, 0.25) is 0 Å². The predicted octanol–water partition coefficient (Wildman–Crippen LogP) is 0.212. The molecule has 0 aliphatic carbocycles. The number of nitrogens with one attached hydrogen (secondary N) is 1. The number of halogens is 2. The Labute approximate surface area is 97.7 Å². The second-order valence-electron chi connectivity index (χ2n) is 3.49. The lowest BCUT2D eigenvalue weighted by Crippen LogP contribution is -2.36. The van der Waals surface area contributed by atoms with Crippen LogP contribution in [0.3, 0.4) is 0 Å². The molecule has 17 heavy (non-hydrogen) atoms. The van der Waals surface area contributed by atoms with Crippen molar-refractivity contribution in [2.45, 2.75) is 11.5 Å². The summed E-state index contributed by atoms with van der Waals surface area (Å²) < 4.78 is 50.0. The van der Waals surface area contributed by atoms with E-state index in [0.29, 0.717) is 0 Å². The van der Waals surface area contributed by atoms with Crippen molar-refractivity contribution in [3.05, 3.63) is 29.3 Å². The number of benzene rings is 1. The smallest absolute Gasteiger partial charge is 0.256 e. The quantitative estimate of drug-likeness (QED) is 0.764. The highest BCUT2D eigenvalue weighted by molar-refractivity contribution is 7.89. The molecule has 1 rings (SSSR count). The average molecular weight is 266 g/mol.